The summed E-state index contributed by atoms with van der Waals surface area (Å²) in [6.07, 6.45) is 7.26. The van der Waals surface area contributed by atoms with Gasteiger partial charge in [0.1, 0.15) is 16.6 Å². The molecule has 3 aromatic rings. The van der Waals surface area contributed by atoms with Gasteiger partial charge in [0, 0.05) is 38.9 Å². The summed E-state index contributed by atoms with van der Waals surface area (Å²) in [4.78, 5) is 10.5. The predicted octanol–water partition coefficient (Wildman–Crippen LogP) is 2.16. The van der Waals surface area contributed by atoms with Crippen LogP contribution >= 0.6 is 11.5 Å². The fourth-order valence-corrected chi connectivity index (χ4v) is 2.97. The highest BCUT2D eigenvalue weighted by Crippen LogP contribution is 2.38. The zero-order valence-corrected chi connectivity index (χ0v) is 12.7. The highest BCUT2D eigenvalue weighted by Gasteiger charge is 2.18. The molecule has 0 atom stereocenters. The van der Waals surface area contributed by atoms with E-state index >= 15 is 0 Å². The van der Waals surface area contributed by atoms with Crippen LogP contribution in [0, 0.1) is 0 Å². The van der Waals surface area contributed by atoms with Crippen LogP contribution in [-0.2, 0) is 13.6 Å². The van der Waals surface area contributed by atoms with E-state index < -0.39 is 0 Å². The highest BCUT2D eigenvalue weighted by molar-refractivity contribution is 7.11. The molecule has 0 bridgehead atoms. The maximum Gasteiger partial charge on any atom is 0.147 e. The second kappa shape index (κ2) is 5.53. The van der Waals surface area contributed by atoms with Crippen LogP contribution < -0.4 is 10.6 Å². The van der Waals surface area contributed by atoms with Gasteiger partial charge in [-0.2, -0.15) is 4.37 Å². The van der Waals surface area contributed by atoms with E-state index in [0.29, 0.717) is 12.4 Å². The van der Waals surface area contributed by atoms with Gasteiger partial charge >= 0.3 is 0 Å². The number of aromatic nitrogens is 4. The lowest BCUT2D eigenvalue weighted by atomic mass is 10.1. The Morgan fingerprint density at radius 3 is 2.71 bits per heavy atom. The molecule has 0 unspecified atom stereocenters. The Morgan fingerprint density at radius 2 is 2.05 bits per heavy atom. The molecule has 21 heavy (non-hydrogen) atoms. The van der Waals surface area contributed by atoms with Crippen molar-refractivity contribution in [3.05, 3.63) is 42.7 Å². The van der Waals surface area contributed by atoms with E-state index in [1.165, 1.54) is 11.5 Å². The van der Waals surface area contributed by atoms with Gasteiger partial charge in [-0.25, -0.2) is 4.98 Å². The van der Waals surface area contributed by atoms with E-state index in [2.05, 4.69) is 19.2 Å². The summed E-state index contributed by atoms with van der Waals surface area (Å²) < 4.78 is 6.30. The number of nitrogen functional groups attached to an aromatic ring is 1. The minimum atomic E-state index is 0.549. The second-order valence-electron chi connectivity index (χ2n) is 4.79. The lowest BCUT2D eigenvalue weighted by molar-refractivity contribution is 0.765. The molecule has 0 radical (unpaired) electrons. The number of pyridine rings is 1. The molecule has 3 rings (SSSR count). The normalized spacial score (nSPS) is 10.8. The number of anilines is 2. The zero-order chi connectivity index (χ0) is 14.8. The number of nitrogens with zero attached hydrogens (tertiary/aromatic N) is 5. The van der Waals surface area contributed by atoms with Crippen LogP contribution in [0.15, 0.2) is 36.9 Å². The first kappa shape index (κ1) is 13.6. The molecule has 3 aromatic heterocycles. The largest absolute Gasteiger partial charge is 0.382 e. The number of nitrogens with two attached hydrogens (primary N) is 1. The average Bonchev–Trinajstić information content (AvgIpc) is 3.06. The number of hydrogen-bond acceptors (Lipinski definition) is 6. The Morgan fingerprint density at radius 1 is 1.29 bits per heavy atom. The number of aryl methyl sites for hydroxylation is 1. The molecule has 0 fully saturated rings. The maximum absolute atomic E-state index is 6.05. The van der Waals surface area contributed by atoms with Crippen molar-refractivity contribution in [2.45, 2.75) is 6.54 Å². The van der Waals surface area contributed by atoms with Crippen LogP contribution in [0.25, 0.3) is 11.1 Å². The molecule has 2 N–H and O–H groups in total. The standard InChI is InChI=1S/C14H16N6S/c1-19-8-7-17-11(19)9-20(2)14-12(13(15)18-21-14)10-3-5-16-6-4-10/h3-8H,9H2,1-2H3,(H2,15,18). The van der Waals surface area contributed by atoms with E-state index in [9.17, 15) is 0 Å². The van der Waals surface area contributed by atoms with Gasteiger partial charge in [-0.05, 0) is 29.2 Å². The summed E-state index contributed by atoms with van der Waals surface area (Å²) in [5, 5.41) is 1.03. The molecule has 0 aliphatic carbocycles. The third-order valence-electron chi connectivity index (χ3n) is 3.32. The second-order valence-corrected chi connectivity index (χ2v) is 5.55. The van der Waals surface area contributed by atoms with Crippen molar-refractivity contribution < 1.29 is 0 Å². The van der Waals surface area contributed by atoms with Crippen molar-refractivity contribution >= 4 is 22.4 Å². The van der Waals surface area contributed by atoms with E-state index in [4.69, 9.17) is 5.73 Å². The molecular formula is C14H16N6S. The molecular weight excluding hydrogens is 284 g/mol. The molecule has 0 saturated heterocycles. The lowest BCUT2D eigenvalue weighted by Gasteiger charge is -2.18. The number of hydrogen-bond donors (Lipinski definition) is 1. The Bertz CT molecular complexity index is 733. The van der Waals surface area contributed by atoms with E-state index in [1.807, 2.05) is 37.0 Å². The first-order valence-corrected chi connectivity index (χ1v) is 7.27. The topological polar surface area (TPSA) is 72.9 Å². The first-order chi connectivity index (χ1) is 10.2. The third-order valence-corrected chi connectivity index (χ3v) is 4.29. The average molecular weight is 300 g/mol. The maximum atomic E-state index is 6.05. The van der Waals surface area contributed by atoms with Crippen molar-refractivity contribution in [1.29, 1.82) is 0 Å². The van der Waals surface area contributed by atoms with Crippen LogP contribution in [0.3, 0.4) is 0 Å². The van der Waals surface area contributed by atoms with Crippen molar-refractivity contribution in [2.24, 2.45) is 7.05 Å². The molecule has 0 aliphatic heterocycles. The van der Waals surface area contributed by atoms with Gasteiger partial charge in [0.15, 0.2) is 0 Å². The monoisotopic (exact) mass is 300 g/mol. The van der Waals surface area contributed by atoms with Gasteiger partial charge in [-0.15, -0.1) is 0 Å². The molecule has 7 heteroatoms. The number of rotatable bonds is 4. The summed E-state index contributed by atoms with van der Waals surface area (Å²) in [6.45, 7) is 0.698. The smallest absolute Gasteiger partial charge is 0.147 e. The molecule has 0 amide bonds. The first-order valence-electron chi connectivity index (χ1n) is 6.49. The molecule has 0 spiro atoms. The summed E-state index contributed by atoms with van der Waals surface area (Å²) in [5.41, 5.74) is 8.03. The molecule has 108 valence electrons. The Labute approximate surface area is 127 Å². The van der Waals surface area contributed by atoms with Gasteiger partial charge < -0.3 is 15.2 Å². The van der Waals surface area contributed by atoms with Crippen LogP contribution in [0.1, 0.15) is 5.82 Å². The van der Waals surface area contributed by atoms with Crippen LogP contribution in [-0.4, -0.2) is 26.0 Å². The predicted molar refractivity (Wildman–Crippen MR) is 85.1 cm³/mol. The molecule has 0 aromatic carbocycles. The fourth-order valence-electron chi connectivity index (χ4n) is 2.18. The van der Waals surface area contributed by atoms with Gasteiger partial charge in [0.25, 0.3) is 0 Å². The van der Waals surface area contributed by atoms with Gasteiger partial charge in [0.2, 0.25) is 0 Å². The number of imidazole rings is 1. The molecule has 3 heterocycles. The quantitative estimate of drug-likeness (QED) is 0.799. The lowest BCUT2D eigenvalue weighted by Crippen LogP contribution is -2.18. The van der Waals surface area contributed by atoms with Gasteiger partial charge in [-0.3, -0.25) is 4.98 Å². The van der Waals surface area contributed by atoms with E-state index in [-0.39, 0.29) is 0 Å². The van der Waals surface area contributed by atoms with Crippen molar-refractivity contribution in [3.63, 3.8) is 0 Å². The van der Waals surface area contributed by atoms with Crippen molar-refractivity contribution in [2.75, 3.05) is 17.7 Å². The minimum absolute atomic E-state index is 0.549. The fraction of sp³-hybridized carbons (Fsp3) is 0.214. The highest BCUT2D eigenvalue weighted by atomic mass is 32.1. The molecule has 0 saturated carbocycles. The zero-order valence-electron chi connectivity index (χ0n) is 11.9. The van der Waals surface area contributed by atoms with Crippen molar-refractivity contribution in [1.82, 2.24) is 18.9 Å². The van der Waals surface area contributed by atoms with Crippen molar-refractivity contribution in [3.8, 4) is 11.1 Å². The summed E-state index contributed by atoms with van der Waals surface area (Å²) in [7, 11) is 4.01. The van der Waals surface area contributed by atoms with E-state index in [1.54, 1.807) is 18.6 Å². The SMILES string of the molecule is CN(Cc1nccn1C)c1snc(N)c1-c1ccncc1. The Balaban J connectivity index is 1.94. The molecule has 0 aliphatic rings. The summed E-state index contributed by atoms with van der Waals surface area (Å²) >= 11 is 1.40. The summed E-state index contributed by atoms with van der Waals surface area (Å²) in [6, 6.07) is 3.89. The van der Waals surface area contributed by atoms with Crippen LogP contribution in [0.4, 0.5) is 10.8 Å². The molecule has 6 nitrogen and oxygen atoms in total. The van der Waals surface area contributed by atoms with Gasteiger partial charge in [-0.1, -0.05) is 0 Å². The van der Waals surface area contributed by atoms with Crippen LogP contribution in [0.2, 0.25) is 0 Å². The van der Waals surface area contributed by atoms with E-state index in [0.717, 1.165) is 22.0 Å². The Kier molecular flexibility index (Phi) is 3.57. The Hall–Kier alpha value is -2.41. The van der Waals surface area contributed by atoms with Crippen LogP contribution in [0.5, 0.6) is 0 Å². The third kappa shape index (κ3) is 2.59. The van der Waals surface area contributed by atoms with Gasteiger partial charge in [0.05, 0.1) is 12.1 Å². The summed E-state index contributed by atoms with van der Waals surface area (Å²) in [5.74, 6) is 1.54. The minimum Gasteiger partial charge on any atom is -0.382 e.